The fraction of sp³-hybridized carbons (Fsp3) is 0.0385. The second-order valence-corrected chi connectivity index (χ2v) is 11.7. The summed E-state index contributed by atoms with van der Waals surface area (Å²) in [4.78, 5) is 14.0. The first-order valence-corrected chi connectivity index (χ1v) is 16.7. The number of allylic oxidation sites excluding steroid dienone is 1. The summed E-state index contributed by atoms with van der Waals surface area (Å²) < 4.78 is 3.58. The molecule has 56 heavy (non-hydrogen) atoms. The number of Topliss-reactive ketones (excluding diaryl/α,β-unsaturated/α-hetero) is 1. The second kappa shape index (κ2) is 16.4. The molecular formula is C52H19N2O2+. The summed E-state index contributed by atoms with van der Waals surface area (Å²) in [5.41, 5.74) is 3.49. The Bertz CT molecular complexity index is 3480. The molecule has 1 aliphatic heterocycles. The molecule has 7 rings (SSSR count). The zero-order valence-electron chi connectivity index (χ0n) is 29.1. The number of aromatic nitrogens is 1. The molecule has 248 valence electrons. The Hall–Kier alpha value is -9.30. The highest BCUT2D eigenvalue weighted by Crippen LogP contribution is 2.38. The number of carbonyl (C=O) groups excluding carboxylic acids is 1. The fourth-order valence-corrected chi connectivity index (χ4v) is 6.39. The summed E-state index contributed by atoms with van der Waals surface area (Å²) >= 11 is 0. The van der Waals surface area contributed by atoms with E-state index in [-0.39, 0.29) is 11.4 Å². The molecule has 4 heteroatoms. The highest BCUT2D eigenvalue weighted by molar-refractivity contribution is 6.23. The highest BCUT2D eigenvalue weighted by atomic mass is 16.3. The number of rotatable bonds is 2. The highest BCUT2D eigenvalue weighted by Gasteiger charge is 2.44. The molecule has 2 heterocycles. The van der Waals surface area contributed by atoms with Crippen molar-refractivity contribution in [3.05, 3.63) is 95.4 Å². The molecule has 2 unspecified atom stereocenters. The molecule has 0 saturated heterocycles. The van der Waals surface area contributed by atoms with Crippen molar-refractivity contribution in [3.63, 3.8) is 0 Å². The van der Waals surface area contributed by atoms with E-state index in [1.54, 1.807) is 21.3 Å². The molecule has 4 nitrogen and oxygen atoms in total. The van der Waals surface area contributed by atoms with Gasteiger partial charge in [-0.3, -0.25) is 9.36 Å². The van der Waals surface area contributed by atoms with Crippen LogP contribution in [0.15, 0.2) is 84.4 Å². The van der Waals surface area contributed by atoms with Gasteiger partial charge in [-0.05, 0) is 88.2 Å². The second-order valence-electron chi connectivity index (χ2n) is 11.7. The molecule has 1 N–H and O–H groups in total. The largest absolute Gasteiger partial charge is 0.387 e. The lowest BCUT2D eigenvalue weighted by molar-refractivity contribution is -0.329. The summed E-state index contributed by atoms with van der Waals surface area (Å²) in [5, 5.41) is 17.2. The van der Waals surface area contributed by atoms with Crippen molar-refractivity contribution >= 4 is 55.7 Å². The van der Waals surface area contributed by atoms with E-state index in [9.17, 15) is 9.90 Å². The number of hydrogen-bond acceptors (Lipinski definition) is 2. The summed E-state index contributed by atoms with van der Waals surface area (Å²) in [7, 11) is 0. The van der Waals surface area contributed by atoms with Gasteiger partial charge in [0.05, 0.1) is 39.8 Å². The first kappa shape index (κ1) is 35.1. The summed E-state index contributed by atoms with van der Waals surface area (Å²) in [5.74, 6) is 50.0. The van der Waals surface area contributed by atoms with Crippen LogP contribution in [0, 0.1) is 149 Å². The quantitative estimate of drug-likeness (QED) is 0.171. The molecule has 0 radical (unpaired) electrons. The van der Waals surface area contributed by atoms with E-state index in [1.807, 2.05) is 72.8 Å². The maximum atomic E-state index is 14.0. The molecule has 0 spiro atoms. The van der Waals surface area contributed by atoms with E-state index in [0.717, 1.165) is 43.7 Å². The van der Waals surface area contributed by atoms with Crippen LogP contribution in [0.3, 0.4) is 0 Å². The molecule has 5 aromatic rings. The van der Waals surface area contributed by atoms with Crippen LogP contribution in [0.4, 0.5) is 5.69 Å². The van der Waals surface area contributed by atoms with Crippen LogP contribution in [-0.2, 0) is 4.79 Å². The molecule has 1 fully saturated rings. The average molecular weight is 704 g/mol. The maximum absolute atomic E-state index is 14.0. The van der Waals surface area contributed by atoms with Gasteiger partial charge in [0.15, 0.2) is 5.78 Å². The van der Waals surface area contributed by atoms with E-state index >= 15 is 0 Å². The standard InChI is InChI=1S/C52H19N2O2/c1-3-5-7-9-11-13-15-17-19-21-35-53-45-33-25-29-39-27-23-31-41(49(39)45)47(53)37-43-51(55)44(52(43)56)38-48-42-32-24-28-40-30-26-34-46(50(40)42)54(48)36-22-20-18-16-14-12-10-8-6-4-2/h1-2,23-34,37-38,43,51,55H/q+1. The first-order chi connectivity index (χ1) is 27.6. The molecular weight excluding hydrogens is 685 g/mol. The van der Waals surface area contributed by atoms with Gasteiger partial charge in [-0.25, -0.2) is 0 Å². The Labute approximate surface area is 324 Å². The summed E-state index contributed by atoms with van der Waals surface area (Å²) in [6.07, 6.45) is 12.6. The van der Waals surface area contributed by atoms with Crippen LogP contribution in [0.1, 0.15) is 5.56 Å². The summed E-state index contributed by atoms with van der Waals surface area (Å²) in [6.45, 7) is 0. The molecule has 2 atom stereocenters. The Morgan fingerprint density at radius 3 is 1.79 bits per heavy atom. The Kier molecular flexibility index (Phi) is 10.3. The van der Waals surface area contributed by atoms with Crippen molar-refractivity contribution in [3.8, 4) is 143 Å². The van der Waals surface area contributed by atoms with E-state index in [0.29, 0.717) is 11.1 Å². The normalized spacial score (nSPS) is 14.6. The number of aliphatic hydroxyl groups is 1. The van der Waals surface area contributed by atoms with Gasteiger partial charge in [0.25, 0.3) is 0 Å². The van der Waals surface area contributed by atoms with Crippen molar-refractivity contribution in [1.29, 1.82) is 0 Å². The average Bonchev–Trinajstić information content (AvgIpc) is 3.70. The smallest absolute Gasteiger partial charge is 0.244 e. The van der Waals surface area contributed by atoms with Crippen LogP contribution in [0.25, 0.3) is 38.5 Å². The molecule has 4 aromatic carbocycles. The summed E-state index contributed by atoms with van der Waals surface area (Å²) in [6, 6.07) is 29.9. The Balaban J connectivity index is 1.26. The minimum Gasteiger partial charge on any atom is -0.387 e. The number of benzene rings is 4. The van der Waals surface area contributed by atoms with Gasteiger partial charge in [0, 0.05) is 87.8 Å². The third-order valence-electron chi connectivity index (χ3n) is 8.64. The lowest BCUT2D eigenvalue weighted by Gasteiger charge is -2.31. The molecule has 1 saturated carbocycles. The molecule has 1 aliphatic carbocycles. The van der Waals surface area contributed by atoms with Crippen LogP contribution in [0.5, 0.6) is 0 Å². The lowest BCUT2D eigenvalue weighted by Crippen LogP contribution is -2.45. The van der Waals surface area contributed by atoms with Gasteiger partial charge in [0.1, 0.15) is 0 Å². The predicted octanol–water partition coefficient (Wildman–Crippen LogP) is 4.14. The topological polar surface area (TPSA) is 45.2 Å². The number of terminal acetylenes is 2. The molecule has 0 amide bonds. The van der Waals surface area contributed by atoms with Crippen molar-refractivity contribution in [2.45, 2.75) is 6.10 Å². The fourth-order valence-electron chi connectivity index (χ4n) is 6.39. The van der Waals surface area contributed by atoms with Crippen LogP contribution >= 0.6 is 0 Å². The van der Waals surface area contributed by atoms with Gasteiger partial charge in [-0.2, -0.15) is 0 Å². The molecule has 0 bridgehead atoms. The predicted molar refractivity (Wildman–Crippen MR) is 221 cm³/mol. The van der Waals surface area contributed by atoms with Crippen LogP contribution in [-0.4, -0.2) is 31.8 Å². The minimum absolute atomic E-state index is 0.212. The minimum atomic E-state index is -1.08. The van der Waals surface area contributed by atoms with Gasteiger partial charge < -0.3 is 5.11 Å². The third kappa shape index (κ3) is 6.97. The van der Waals surface area contributed by atoms with Crippen LogP contribution in [0.2, 0.25) is 0 Å². The number of hydrogen-bond donors (Lipinski definition) is 1. The first-order valence-electron chi connectivity index (χ1n) is 16.7. The zero-order chi connectivity index (χ0) is 38.7. The van der Waals surface area contributed by atoms with E-state index < -0.39 is 12.0 Å². The lowest BCUT2D eigenvalue weighted by atomic mass is 9.74. The molecule has 2 aliphatic rings. The van der Waals surface area contributed by atoms with Crippen molar-refractivity contribution < 1.29 is 14.5 Å². The van der Waals surface area contributed by atoms with Crippen LogP contribution < -0.4 is 5.35 Å². The Morgan fingerprint density at radius 2 is 1.16 bits per heavy atom. The third-order valence-corrected chi connectivity index (χ3v) is 8.64. The number of ketones is 1. The van der Waals surface area contributed by atoms with Crippen molar-refractivity contribution in [1.82, 2.24) is 4.57 Å². The van der Waals surface area contributed by atoms with Gasteiger partial charge in [0.2, 0.25) is 17.4 Å². The van der Waals surface area contributed by atoms with Gasteiger partial charge >= 0.3 is 0 Å². The van der Waals surface area contributed by atoms with E-state index in [2.05, 4.69) is 130 Å². The van der Waals surface area contributed by atoms with Gasteiger partial charge in [-0.1, -0.05) is 54.6 Å². The van der Waals surface area contributed by atoms with E-state index in [1.165, 1.54) is 0 Å². The Morgan fingerprint density at radius 1 is 0.625 bits per heavy atom. The van der Waals surface area contributed by atoms with Crippen molar-refractivity contribution in [2.24, 2.45) is 5.92 Å². The zero-order valence-corrected chi connectivity index (χ0v) is 29.1. The van der Waals surface area contributed by atoms with Crippen molar-refractivity contribution in [2.75, 3.05) is 0 Å². The SMILES string of the molecule is C#CC#CC#CC#CC#CC#Cn1c(=CC2C(=O)C(=CC3=[N+](C#CC#CC#CC#CC#CC#C)c4cccc5cccc3c45)C2O)c2cccc3cccc1c32. The number of aliphatic hydroxyl groups excluding tert-OH is 1. The number of carbonyl (C=O) groups is 1. The molecule has 1 aromatic heterocycles. The number of nitrogens with zero attached hydrogens (tertiary/aromatic N) is 2. The monoisotopic (exact) mass is 703 g/mol. The van der Waals surface area contributed by atoms with E-state index in [4.69, 9.17) is 12.8 Å². The maximum Gasteiger partial charge on any atom is 0.244 e. The van der Waals surface area contributed by atoms with Gasteiger partial charge in [-0.15, -0.1) is 17.4 Å².